The largest absolute Gasteiger partial charge is 1.00 e. The Balaban J connectivity index is 0.0000168. The molecule has 0 amide bonds. The van der Waals surface area contributed by atoms with Crippen LogP contribution in [-0.2, 0) is 6.54 Å². The fourth-order valence-corrected chi connectivity index (χ4v) is 8.34. The third-order valence-corrected chi connectivity index (χ3v) is 12.3. The minimum absolute atomic E-state index is 0. The second kappa shape index (κ2) is 43.5. The van der Waals surface area contributed by atoms with Crippen molar-refractivity contribution in [3.63, 3.8) is 0 Å². The number of ether oxygens (including phenoxy) is 1. The molecule has 0 aliphatic heterocycles. The van der Waals surface area contributed by atoms with E-state index < -0.39 is 0 Å². The lowest BCUT2D eigenvalue weighted by atomic mass is 10.0. The van der Waals surface area contributed by atoms with E-state index in [0.717, 1.165) is 25.3 Å². The predicted molar refractivity (Wildman–Crippen MR) is 254 cm³/mol. The molecule has 0 aliphatic carbocycles. The summed E-state index contributed by atoms with van der Waals surface area (Å²) >= 11 is 0. The molecule has 2 nitrogen and oxygen atoms in total. The molecule has 0 radical (unpaired) electrons. The first kappa shape index (κ1) is 54.4. The summed E-state index contributed by atoms with van der Waals surface area (Å²) in [6, 6.07) is 13.1. The smallest absolute Gasteiger partial charge is 0.169 e. The zero-order chi connectivity index (χ0) is 40.4. The molecule has 0 fully saturated rings. The molecule has 0 N–H and O–H groups in total. The van der Waals surface area contributed by atoms with Crippen molar-refractivity contribution in [1.82, 2.24) is 0 Å². The van der Waals surface area contributed by atoms with E-state index in [-0.39, 0.29) is 17.0 Å². The molecule has 58 heavy (non-hydrogen) atoms. The number of unbranched alkanes of at least 4 members (excludes halogenated alkanes) is 36. The molecule has 2 rings (SSSR count). The number of aromatic nitrogens is 1. The van der Waals surface area contributed by atoms with E-state index in [9.17, 15) is 0 Å². The van der Waals surface area contributed by atoms with Crippen molar-refractivity contribution in [3.8, 4) is 5.75 Å². The van der Waals surface area contributed by atoms with Gasteiger partial charge in [-0.3, -0.25) is 0 Å². The lowest BCUT2D eigenvalue weighted by Gasteiger charge is -2.07. The Morgan fingerprint density at radius 2 is 0.621 bits per heavy atom. The molecule has 0 spiro atoms. The number of hydrogen-bond donors (Lipinski definition) is 0. The molecule has 0 bridgehead atoms. The van der Waals surface area contributed by atoms with Gasteiger partial charge in [-0.15, -0.1) is 0 Å². The highest BCUT2D eigenvalue weighted by molar-refractivity contribution is 5.69. The van der Waals surface area contributed by atoms with Crippen LogP contribution in [0, 0.1) is 0 Å². The van der Waals surface area contributed by atoms with Gasteiger partial charge in [-0.05, 0) is 36.1 Å². The first-order valence-electron chi connectivity index (χ1n) is 25.7. The highest BCUT2D eigenvalue weighted by atomic mass is 79.9. The van der Waals surface area contributed by atoms with Gasteiger partial charge >= 0.3 is 0 Å². The van der Waals surface area contributed by atoms with Gasteiger partial charge in [-0.1, -0.05) is 263 Å². The number of halogens is 1. The molecule has 0 unspecified atom stereocenters. The number of aryl methyl sites for hydroxylation is 1. The van der Waals surface area contributed by atoms with Gasteiger partial charge in [-0.25, -0.2) is 4.57 Å². The summed E-state index contributed by atoms with van der Waals surface area (Å²) in [4.78, 5) is 0. The maximum atomic E-state index is 6.05. The summed E-state index contributed by atoms with van der Waals surface area (Å²) in [6.45, 7) is 6.57. The van der Waals surface area contributed by atoms with Crippen LogP contribution in [0.2, 0.25) is 0 Å². The molecule has 1 aromatic heterocycles. The van der Waals surface area contributed by atoms with Crippen molar-refractivity contribution in [2.24, 2.45) is 0 Å². The van der Waals surface area contributed by atoms with E-state index in [2.05, 4.69) is 79.4 Å². The Morgan fingerprint density at radius 1 is 0.345 bits per heavy atom. The summed E-state index contributed by atoms with van der Waals surface area (Å²) in [6.07, 6.45) is 63.0. The minimum Gasteiger partial charge on any atom is -1.00 e. The predicted octanol–water partition coefficient (Wildman–Crippen LogP) is 15.4. The maximum Gasteiger partial charge on any atom is 0.169 e. The summed E-state index contributed by atoms with van der Waals surface area (Å²) in [5.41, 5.74) is 2.47. The van der Waals surface area contributed by atoms with Crippen LogP contribution < -0.4 is 26.3 Å². The third kappa shape index (κ3) is 35.2. The lowest BCUT2D eigenvalue weighted by Crippen LogP contribution is -3.00. The zero-order valence-electron chi connectivity index (χ0n) is 38.8. The summed E-state index contributed by atoms with van der Waals surface area (Å²) in [5.74, 6) is 0.991. The van der Waals surface area contributed by atoms with E-state index in [1.54, 1.807) is 0 Å². The summed E-state index contributed by atoms with van der Waals surface area (Å²) in [7, 11) is 0. The van der Waals surface area contributed by atoms with Crippen LogP contribution in [0.15, 0.2) is 48.8 Å². The molecule has 0 aliphatic rings. The van der Waals surface area contributed by atoms with Gasteiger partial charge in [-0.2, -0.15) is 0 Å². The molecule has 2 aromatic rings. The van der Waals surface area contributed by atoms with Gasteiger partial charge in [0.1, 0.15) is 12.3 Å². The van der Waals surface area contributed by atoms with Crippen molar-refractivity contribution >= 4 is 12.2 Å². The fraction of sp³-hybridized carbons (Fsp3) is 0.764. The summed E-state index contributed by atoms with van der Waals surface area (Å²) in [5, 5.41) is 0. The molecule has 1 aromatic carbocycles. The van der Waals surface area contributed by atoms with Crippen LogP contribution in [0.3, 0.4) is 0 Å². The molecule has 3 heteroatoms. The quantitative estimate of drug-likeness (QED) is 0.0478. The zero-order valence-corrected chi connectivity index (χ0v) is 40.4. The molecule has 0 atom stereocenters. The monoisotopic (exact) mass is 866 g/mol. The molecular formula is C55H96BrNO. The van der Waals surface area contributed by atoms with Crippen LogP contribution in [0.5, 0.6) is 5.75 Å². The van der Waals surface area contributed by atoms with Gasteiger partial charge in [0.05, 0.1) is 6.61 Å². The van der Waals surface area contributed by atoms with Gasteiger partial charge in [0.25, 0.3) is 0 Å². The highest BCUT2D eigenvalue weighted by Crippen LogP contribution is 2.18. The topological polar surface area (TPSA) is 13.1 Å². The van der Waals surface area contributed by atoms with Crippen molar-refractivity contribution in [2.45, 2.75) is 264 Å². The van der Waals surface area contributed by atoms with Crippen molar-refractivity contribution in [2.75, 3.05) is 6.61 Å². The van der Waals surface area contributed by atoms with Gasteiger partial charge < -0.3 is 21.7 Å². The van der Waals surface area contributed by atoms with Crippen LogP contribution in [0.1, 0.15) is 269 Å². The van der Waals surface area contributed by atoms with Gasteiger partial charge in [0.2, 0.25) is 0 Å². The third-order valence-electron chi connectivity index (χ3n) is 12.3. The summed E-state index contributed by atoms with van der Waals surface area (Å²) < 4.78 is 8.39. The van der Waals surface area contributed by atoms with Crippen LogP contribution >= 0.6 is 0 Å². The van der Waals surface area contributed by atoms with E-state index in [4.69, 9.17) is 4.74 Å². The van der Waals surface area contributed by atoms with Crippen LogP contribution in [-0.4, -0.2) is 6.61 Å². The second-order valence-electron chi connectivity index (χ2n) is 17.8. The van der Waals surface area contributed by atoms with E-state index >= 15 is 0 Å². The number of pyridine rings is 1. The Morgan fingerprint density at radius 3 is 0.948 bits per heavy atom. The van der Waals surface area contributed by atoms with Crippen molar-refractivity contribution < 1.29 is 26.3 Å². The molecule has 334 valence electrons. The highest BCUT2D eigenvalue weighted by Gasteiger charge is 2.02. The number of nitrogens with zero attached hydrogens (tertiary/aromatic N) is 1. The molecule has 1 heterocycles. The Bertz CT molecular complexity index is 1110. The molecule has 0 saturated carbocycles. The maximum absolute atomic E-state index is 6.05. The van der Waals surface area contributed by atoms with Gasteiger partial charge in [0, 0.05) is 18.6 Å². The van der Waals surface area contributed by atoms with Gasteiger partial charge in [0.15, 0.2) is 12.4 Å². The second-order valence-corrected chi connectivity index (χ2v) is 17.8. The van der Waals surface area contributed by atoms with E-state index in [1.165, 1.54) is 249 Å². The van der Waals surface area contributed by atoms with E-state index in [0.29, 0.717) is 0 Å². The van der Waals surface area contributed by atoms with Crippen LogP contribution in [0.25, 0.3) is 12.2 Å². The average Bonchev–Trinajstić information content (AvgIpc) is 3.24. The Hall–Kier alpha value is -1.61. The van der Waals surface area contributed by atoms with E-state index in [1.807, 2.05) is 0 Å². The Labute approximate surface area is 373 Å². The first-order chi connectivity index (χ1) is 28.3. The van der Waals surface area contributed by atoms with Crippen molar-refractivity contribution in [1.29, 1.82) is 0 Å². The fourth-order valence-electron chi connectivity index (χ4n) is 8.34. The first-order valence-corrected chi connectivity index (χ1v) is 25.7. The Kier molecular flexibility index (Phi) is 40.8. The average molecular weight is 867 g/mol. The van der Waals surface area contributed by atoms with Crippen LogP contribution in [0.4, 0.5) is 0 Å². The number of hydrogen-bond acceptors (Lipinski definition) is 1. The normalized spacial score (nSPS) is 11.4. The number of benzene rings is 1. The van der Waals surface area contributed by atoms with Crippen molar-refractivity contribution in [3.05, 3.63) is 59.9 Å². The minimum atomic E-state index is 0. The molecule has 0 saturated heterocycles. The standard InChI is InChI=1S/C55H96NO.BrH/c1-3-5-7-9-11-13-15-17-19-21-23-24-26-28-30-32-34-36-38-40-52-57-55-45-43-53(44-46-55)41-42-54-47-50-56(51-48-54)49-39-37-35-33-31-29-27-25-22-20-18-16-14-12-10-8-6-4-2;/h41-48,50-51H,3-40,49,52H2,1-2H3;1H/q+1;/p-1. The number of rotatable bonds is 43. The lowest BCUT2D eigenvalue weighted by molar-refractivity contribution is -0.697. The SMILES string of the molecule is CCCCCCCCCCCCCCCCCCCCCCOc1ccc(C=Cc2cc[n+](CCCCCCCCCCCCCCCCCCCC)cc2)cc1.[Br-]. The molecular weight excluding hydrogens is 771 g/mol.